The van der Waals surface area contributed by atoms with Crippen LogP contribution in [-0.4, -0.2) is 56.6 Å². The smallest absolute Gasteiger partial charge is 0.273 e. The second-order valence-corrected chi connectivity index (χ2v) is 6.38. The van der Waals surface area contributed by atoms with Gasteiger partial charge in [0, 0.05) is 30.4 Å². The van der Waals surface area contributed by atoms with E-state index < -0.39 is 17.6 Å². The summed E-state index contributed by atoms with van der Waals surface area (Å²) in [5.41, 5.74) is -0.438. The van der Waals surface area contributed by atoms with E-state index in [-0.39, 0.29) is 37.2 Å². The van der Waals surface area contributed by atoms with Gasteiger partial charge < -0.3 is 24.8 Å². The van der Waals surface area contributed by atoms with Gasteiger partial charge in [-0.2, -0.15) is 0 Å². The van der Waals surface area contributed by atoms with Crippen molar-refractivity contribution in [3.05, 3.63) is 36.1 Å². The summed E-state index contributed by atoms with van der Waals surface area (Å²) in [6.45, 7) is 2.09. The van der Waals surface area contributed by atoms with Crippen LogP contribution in [0.1, 0.15) is 29.1 Å². The predicted molar refractivity (Wildman–Crippen MR) is 92.0 cm³/mol. The summed E-state index contributed by atoms with van der Waals surface area (Å²) in [5, 5.41) is 26.3. The molecule has 2 aromatic heterocycles. The molecule has 2 heterocycles. The first-order valence-electron chi connectivity index (χ1n) is 7.94. The van der Waals surface area contributed by atoms with E-state index in [1.807, 2.05) is 0 Å². The van der Waals surface area contributed by atoms with E-state index in [2.05, 4.69) is 20.4 Å². The highest BCUT2D eigenvalue weighted by Gasteiger charge is 2.45. The molecule has 0 aromatic carbocycles. The topological polar surface area (TPSA) is 131 Å². The fourth-order valence-electron chi connectivity index (χ4n) is 2.97. The third-order valence-corrected chi connectivity index (χ3v) is 4.28. The number of aromatic nitrogens is 3. The van der Waals surface area contributed by atoms with Crippen molar-refractivity contribution in [2.45, 2.75) is 32.0 Å². The average Bonchev–Trinajstić information content (AvgIpc) is 3.16. The Hall–Kier alpha value is -2.23. The number of ether oxygens (including phenoxy) is 1. The van der Waals surface area contributed by atoms with E-state index in [1.54, 1.807) is 6.92 Å². The van der Waals surface area contributed by atoms with Gasteiger partial charge in [0.2, 0.25) is 5.88 Å². The highest BCUT2D eigenvalue weighted by atomic mass is 35.5. The summed E-state index contributed by atoms with van der Waals surface area (Å²) in [6.07, 6.45) is 3.39. The van der Waals surface area contributed by atoms with E-state index in [1.165, 1.54) is 24.7 Å². The Labute approximate surface area is 156 Å². The van der Waals surface area contributed by atoms with Crippen molar-refractivity contribution in [3.8, 4) is 5.88 Å². The number of nitrogens with one attached hydrogen (secondary N) is 1. The Morgan fingerprint density at radius 3 is 2.69 bits per heavy atom. The van der Waals surface area contributed by atoms with Crippen molar-refractivity contribution in [3.63, 3.8) is 0 Å². The zero-order chi connectivity index (χ0) is 17.9. The van der Waals surface area contributed by atoms with Gasteiger partial charge in [-0.25, -0.2) is 4.98 Å². The monoisotopic (exact) mass is 384 g/mol. The predicted octanol–water partition coefficient (Wildman–Crippen LogP) is 0.506. The molecule has 3 rings (SSSR count). The second kappa shape index (κ2) is 8.43. The van der Waals surface area contributed by atoms with Crippen molar-refractivity contribution in [1.82, 2.24) is 20.4 Å². The van der Waals surface area contributed by atoms with Gasteiger partial charge in [0.1, 0.15) is 5.76 Å². The van der Waals surface area contributed by atoms with Crippen LogP contribution >= 0.6 is 12.4 Å². The van der Waals surface area contributed by atoms with Crippen LogP contribution in [0.2, 0.25) is 0 Å². The number of hydrogen-bond acceptors (Lipinski definition) is 8. The molecule has 3 N–H and O–H groups in total. The fourth-order valence-corrected chi connectivity index (χ4v) is 2.97. The van der Waals surface area contributed by atoms with Crippen LogP contribution in [0, 0.1) is 12.3 Å². The van der Waals surface area contributed by atoms with Crippen molar-refractivity contribution >= 4 is 18.3 Å². The van der Waals surface area contributed by atoms with Gasteiger partial charge in [0.05, 0.1) is 25.0 Å². The number of rotatable bonds is 6. The molecule has 142 valence electrons. The van der Waals surface area contributed by atoms with Crippen LogP contribution in [0.25, 0.3) is 0 Å². The lowest BCUT2D eigenvalue weighted by Gasteiger charge is -2.28. The van der Waals surface area contributed by atoms with Gasteiger partial charge in [0.25, 0.3) is 5.91 Å². The normalized spacial score (nSPS) is 24.7. The summed E-state index contributed by atoms with van der Waals surface area (Å²) in [5.74, 6) is 0.500. The molecule has 1 aliphatic carbocycles. The van der Waals surface area contributed by atoms with Crippen LogP contribution in [0.15, 0.2) is 29.2 Å². The number of aliphatic hydroxyl groups is 2. The van der Waals surface area contributed by atoms with E-state index in [9.17, 15) is 15.0 Å². The molecule has 0 aliphatic heterocycles. The molecule has 1 unspecified atom stereocenters. The Morgan fingerprint density at radius 1 is 1.38 bits per heavy atom. The standard InChI is InChI=1S/C16H20N4O5.ClH/c1-10-4-11(20-25-10)15(23)19-8-16(5-12(21)13(22)6-16)9-24-14-7-17-2-3-18-14;/h2-4,7,12-13,21-22H,5-6,8-9H2,1H3,(H,19,23);1H/t12-,13+,16?;. The van der Waals surface area contributed by atoms with Crippen molar-refractivity contribution in [2.75, 3.05) is 13.2 Å². The highest BCUT2D eigenvalue weighted by molar-refractivity contribution is 5.92. The third-order valence-electron chi connectivity index (χ3n) is 4.28. The van der Waals surface area contributed by atoms with Crippen molar-refractivity contribution in [1.29, 1.82) is 0 Å². The molecule has 9 nitrogen and oxygen atoms in total. The summed E-state index contributed by atoms with van der Waals surface area (Å²) in [7, 11) is 0. The molecule has 0 spiro atoms. The minimum Gasteiger partial charge on any atom is -0.476 e. The van der Waals surface area contributed by atoms with Gasteiger partial charge in [-0.1, -0.05) is 5.16 Å². The maximum absolute atomic E-state index is 12.2. The van der Waals surface area contributed by atoms with Crippen molar-refractivity contribution in [2.24, 2.45) is 5.41 Å². The van der Waals surface area contributed by atoms with Gasteiger partial charge >= 0.3 is 0 Å². The van der Waals surface area contributed by atoms with Gasteiger partial charge in [-0.3, -0.25) is 9.78 Å². The molecule has 0 saturated heterocycles. The molecule has 1 saturated carbocycles. The Bertz CT molecular complexity index is 716. The molecule has 1 amide bonds. The van der Waals surface area contributed by atoms with Gasteiger partial charge in [-0.05, 0) is 19.8 Å². The maximum Gasteiger partial charge on any atom is 0.273 e. The molecular weight excluding hydrogens is 364 g/mol. The molecule has 3 atom stereocenters. The average molecular weight is 385 g/mol. The first-order valence-corrected chi connectivity index (χ1v) is 7.94. The van der Waals surface area contributed by atoms with Crippen LogP contribution in [0.5, 0.6) is 5.88 Å². The van der Waals surface area contributed by atoms with E-state index >= 15 is 0 Å². The molecule has 2 aromatic rings. The second-order valence-electron chi connectivity index (χ2n) is 6.38. The summed E-state index contributed by atoms with van der Waals surface area (Å²) >= 11 is 0. The summed E-state index contributed by atoms with van der Waals surface area (Å²) in [4.78, 5) is 20.1. The molecule has 10 heteroatoms. The lowest BCUT2D eigenvalue weighted by atomic mass is 9.86. The summed E-state index contributed by atoms with van der Waals surface area (Å²) < 4.78 is 10.5. The largest absolute Gasteiger partial charge is 0.476 e. The summed E-state index contributed by atoms with van der Waals surface area (Å²) in [6, 6.07) is 1.54. The molecule has 1 aliphatic rings. The first-order chi connectivity index (χ1) is 12.0. The first kappa shape index (κ1) is 20.1. The molecule has 26 heavy (non-hydrogen) atoms. The SMILES string of the molecule is Cc1cc(C(=O)NCC2(COc3cnccn3)C[C@@H](O)[C@@H](O)C2)no1.Cl. The number of aryl methyl sites for hydroxylation is 1. The lowest BCUT2D eigenvalue weighted by Crippen LogP contribution is -2.40. The maximum atomic E-state index is 12.2. The van der Waals surface area contributed by atoms with Gasteiger partial charge in [-0.15, -0.1) is 12.4 Å². The quantitative estimate of drug-likeness (QED) is 0.656. The van der Waals surface area contributed by atoms with Crippen LogP contribution in [0.4, 0.5) is 0 Å². The van der Waals surface area contributed by atoms with Crippen LogP contribution in [-0.2, 0) is 0 Å². The molecule has 0 bridgehead atoms. The number of carbonyl (C=O) groups is 1. The Morgan fingerprint density at radius 2 is 2.12 bits per heavy atom. The number of nitrogens with zero attached hydrogens (tertiary/aromatic N) is 3. The molecule has 0 radical (unpaired) electrons. The highest BCUT2D eigenvalue weighted by Crippen LogP contribution is 2.38. The molecule has 1 fully saturated rings. The number of halogens is 1. The van der Waals surface area contributed by atoms with Crippen LogP contribution in [0.3, 0.4) is 0 Å². The zero-order valence-electron chi connectivity index (χ0n) is 14.2. The zero-order valence-corrected chi connectivity index (χ0v) is 15.0. The van der Waals surface area contributed by atoms with E-state index in [0.29, 0.717) is 24.5 Å². The van der Waals surface area contributed by atoms with Gasteiger partial charge in [0.15, 0.2) is 5.69 Å². The molecular formula is C16H21ClN4O5. The number of carbonyl (C=O) groups excluding carboxylic acids is 1. The van der Waals surface area contributed by atoms with E-state index in [0.717, 1.165) is 0 Å². The number of aliphatic hydroxyl groups excluding tert-OH is 2. The van der Waals surface area contributed by atoms with E-state index in [4.69, 9.17) is 9.26 Å². The van der Waals surface area contributed by atoms with Crippen LogP contribution < -0.4 is 10.1 Å². The minimum absolute atomic E-state index is 0. The third kappa shape index (κ3) is 4.69. The number of amides is 1. The lowest BCUT2D eigenvalue weighted by molar-refractivity contribution is 0.0438. The van der Waals surface area contributed by atoms with Crippen molar-refractivity contribution < 1.29 is 24.3 Å². The number of hydrogen-bond donors (Lipinski definition) is 3. The Balaban J connectivity index is 0.00000243. The fraction of sp³-hybridized carbons (Fsp3) is 0.500. The Kier molecular flexibility index (Phi) is 6.52. The minimum atomic E-state index is -0.864.